The van der Waals surface area contributed by atoms with Crippen LogP contribution in [0.25, 0.3) is 0 Å². The number of amides is 2. The van der Waals surface area contributed by atoms with Crippen LogP contribution in [-0.4, -0.2) is 19.6 Å². The molecule has 0 aromatic carbocycles. The molecule has 0 saturated heterocycles. The molecule has 0 saturated carbocycles. The summed E-state index contributed by atoms with van der Waals surface area (Å²) in [5.41, 5.74) is 0. The summed E-state index contributed by atoms with van der Waals surface area (Å²) in [6, 6.07) is -0.233. The Hall–Kier alpha value is -0.730. The van der Waals surface area contributed by atoms with Crippen LogP contribution in [0.4, 0.5) is 4.79 Å². The second-order valence-electron chi connectivity index (χ2n) is 2.29. The van der Waals surface area contributed by atoms with Crippen LogP contribution in [0, 0.1) is 5.92 Å². The van der Waals surface area contributed by atoms with E-state index in [1.165, 1.54) is 0 Å². The van der Waals surface area contributed by atoms with Gasteiger partial charge in [-0.15, -0.1) is 0 Å². The first-order chi connectivity index (χ1) is 4.16. The van der Waals surface area contributed by atoms with Crippen molar-refractivity contribution in [3.63, 3.8) is 0 Å². The number of carbonyl (C=O) groups excluding carboxylic acids is 1. The summed E-state index contributed by atoms with van der Waals surface area (Å²) >= 11 is 0. The van der Waals surface area contributed by atoms with Gasteiger partial charge in [0.15, 0.2) is 0 Å². The molecule has 0 aromatic heterocycles. The third kappa shape index (κ3) is 5.14. The van der Waals surface area contributed by atoms with Gasteiger partial charge in [-0.05, 0) is 5.92 Å². The van der Waals surface area contributed by atoms with Crippen LogP contribution in [0.5, 0.6) is 0 Å². The zero-order valence-electron chi connectivity index (χ0n) is 6.14. The second kappa shape index (κ2) is 4.18. The molecule has 0 rings (SSSR count). The largest absolute Gasteiger partial charge is 0.340 e. The molecule has 0 unspecified atom stereocenters. The standard InChI is InChI=1S/C6H13N2O/c1-5(2)4-8-6(9)7-3/h5H,4H2,1-3H3,(H,7,9). The summed E-state index contributed by atoms with van der Waals surface area (Å²) in [5, 5.41) is 6.11. The van der Waals surface area contributed by atoms with Crippen molar-refractivity contribution in [3.8, 4) is 0 Å². The first-order valence-electron chi connectivity index (χ1n) is 3.06. The van der Waals surface area contributed by atoms with Gasteiger partial charge in [0, 0.05) is 13.6 Å². The average molecular weight is 129 g/mol. The lowest BCUT2D eigenvalue weighted by atomic mass is 10.2. The monoisotopic (exact) mass is 129 g/mol. The topological polar surface area (TPSA) is 43.2 Å². The summed E-state index contributed by atoms with van der Waals surface area (Å²) in [5.74, 6) is 0.460. The summed E-state index contributed by atoms with van der Waals surface area (Å²) in [7, 11) is 1.58. The van der Waals surface area contributed by atoms with Crippen molar-refractivity contribution in [2.45, 2.75) is 13.8 Å². The molecule has 0 fully saturated rings. The Morgan fingerprint density at radius 3 is 2.56 bits per heavy atom. The van der Waals surface area contributed by atoms with E-state index in [1.54, 1.807) is 7.05 Å². The Bertz CT molecular complexity index is 91.1. The van der Waals surface area contributed by atoms with Crippen LogP contribution in [0.2, 0.25) is 0 Å². The highest BCUT2D eigenvalue weighted by atomic mass is 16.2. The molecule has 9 heavy (non-hydrogen) atoms. The smallest absolute Gasteiger partial charge is 0.336 e. The van der Waals surface area contributed by atoms with Crippen LogP contribution in [0.15, 0.2) is 0 Å². The van der Waals surface area contributed by atoms with Crippen molar-refractivity contribution in [1.82, 2.24) is 10.6 Å². The van der Waals surface area contributed by atoms with E-state index in [-0.39, 0.29) is 6.03 Å². The molecule has 3 heteroatoms. The number of rotatable bonds is 2. The van der Waals surface area contributed by atoms with Crippen LogP contribution in [-0.2, 0) is 0 Å². The lowest BCUT2D eigenvalue weighted by Crippen LogP contribution is -2.29. The lowest BCUT2D eigenvalue weighted by Gasteiger charge is -2.02. The molecule has 1 N–H and O–H groups in total. The zero-order valence-corrected chi connectivity index (χ0v) is 6.14. The maximum atomic E-state index is 10.4. The van der Waals surface area contributed by atoms with E-state index in [9.17, 15) is 4.79 Å². The van der Waals surface area contributed by atoms with Gasteiger partial charge in [0.05, 0.1) is 0 Å². The van der Waals surface area contributed by atoms with Gasteiger partial charge in [0.25, 0.3) is 0 Å². The first-order valence-corrected chi connectivity index (χ1v) is 3.06. The van der Waals surface area contributed by atoms with E-state index < -0.39 is 0 Å². The van der Waals surface area contributed by atoms with Gasteiger partial charge in [-0.1, -0.05) is 13.8 Å². The number of nitrogens with zero attached hydrogens (tertiary/aromatic N) is 1. The van der Waals surface area contributed by atoms with Gasteiger partial charge in [-0.25, -0.2) is 10.1 Å². The molecule has 0 atom stereocenters. The molecule has 53 valence electrons. The molecule has 3 nitrogen and oxygen atoms in total. The normalized spacial score (nSPS) is 9.33. The fourth-order valence-corrected chi connectivity index (χ4v) is 0.345. The molecule has 1 radical (unpaired) electrons. The highest BCUT2D eigenvalue weighted by Crippen LogP contribution is 1.87. The second-order valence-corrected chi connectivity index (χ2v) is 2.29. The fraction of sp³-hybridized carbons (Fsp3) is 0.833. The highest BCUT2D eigenvalue weighted by Gasteiger charge is 1.98. The van der Waals surface area contributed by atoms with Crippen molar-refractivity contribution in [2.75, 3.05) is 13.6 Å². The van der Waals surface area contributed by atoms with E-state index >= 15 is 0 Å². The van der Waals surface area contributed by atoms with Gasteiger partial charge in [-0.3, -0.25) is 0 Å². The van der Waals surface area contributed by atoms with Crippen LogP contribution >= 0.6 is 0 Å². The summed E-state index contributed by atoms with van der Waals surface area (Å²) < 4.78 is 0. The molecule has 0 aliphatic rings. The predicted octanol–water partition coefficient (Wildman–Crippen LogP) is 0.586. The quantitative estimate of drug-likeness (QED) is 0.582. The molecular formula is C6H13N2O. The Morgan fingerprint density at radius 1 is 1.67 bits per heavy atom. The molecule has 0 spiro atoms. The van der Waals surface area contributed by atoms with Gasteiger partial charge >= 0.3 is 6.03 Å². The summed E-state index contributed by atoms with van der Waals surface area (Å²) in [4.78, 5) is 10.4. The Labute approximate surface area is 55.8 Å². The number of carbonyl (C=O) groups is 1. The average Bonchev–Trinajstić information content (AvgIpc) is 1.83. The maximum Gasteiger partial charge on any atom is 0.336 e. The molecule has 0 aliphatic heterocycles. The highest BCUT2D eigenvalue weighted by molar-refractivity contribution is 5.72. The SMILES string of the molecule is CNC(=O)[N]CC(C)C. The van der Waals surface area contributed by atoms with Gasteiger partial charge < -0.3 is 5.32 Å². The number of hydrogen-bond donors (Lipinski definition) is 1. The van der Waals surface area contributed by atoms with Crippen molar-refractivity contribution in [3.05, 3.63) is 0 Å². The Morgan fingerprint density at radius 2 is 2.22 bits per heavy atom. The molecular weight excluding hydrogens is 116 g/mol. The Balaban J connectivity index is 3.17. The number of urea groups is 1. The Kier molecular flexibility index (Phi) is 3.84. The van der Waals surface area contributed by atoms with Crippen molar-refractivity contribution >= 4 is 6.03 Å². The molecule has 0 heterocycles. The molecule has 0 aromatic rings. The van der Waals surface area contributed by atoms with Crippen molar-refractivity contribution < 1.29 is 4.79 Å². The minimum Gasteiger partial charge on any atom is -0.340 e. The third-order valence-electron chi connectivity index (χ3n) is 0.814. The first kappa shape index (κ1) is 8.27. The number of hydrogen-bond acceptors (Lipinski definition) is 1. The third-order valence-corrected chi connectivity index (χ3v) is 0.814. The van der Waals surface area contributed by atoms with Crippen LogP contribution < -0.4 is 10.6 Å². The van der Waals surface area contributed by atoms with Crippen LogP contribution in [0.1, 0.15) is 13.8 Å². The predicted molar refractivity (Wildman–Crippen MR) is 36.3 cm³/mol. The lowest BCUT2D eigenvalue weighted by molar-refractivity contribution is 0.241. The minimum atomic E-state index is -0.233. The minimum absolute atomic E-state index is 0.233. The van der Waals surface area contributed by atoms with E-state index in [0.717, 1.165) is 0 Å². The van der Waals surface area contributed by atoms with E-state index in [2.05, 4.69) is 10.6 Å². The number of nitrogens with one attached hydrogen (secondary N) is 1. The van der Waals surface area contributed by atoms with Gasteiger partial charge in [-0.2, -0.15) is 0 Å². The summed E-state index contributed by atoms with van der Waals surface area (Å²) in [6.07, 6.45) is 0. The molecule has 2 amide bonds. The van der Waals surface area contributed by atoms with Crippen LogP contribution in [0.3, 0.4) is 0 Å². The van der Waals surface area contributed by atoms with E-state index in [1.807, 2.05) is 13.8 Å². The molecule has 0 bridgehead atoms. The van der Waals surface area contributed by atoms with Gasteiger partial charge in [0.2, 0.25) is 0 Å². The molecule has 0 aliphatic carbocycles. The van der Waals surface area contributed by atoms with Gasteiger partial charge in [0.1, 0.15) is 0 Å². The fourth-order valence-electron chi connectivity index (χ4n) is 0.345. The van der Waals surface area contributed by atoms with E-state index in [0.29, 0.717) is 12.5 Å². The van der Waals surface area contributed by atoms with Crippen molar-refractivity contribution in [2.24, 2.45) is 5.92 Å². The van der Waals surface area contributed by atoms with E-state index in [4.69, 9.17) is 0 Å². The maximum absolute atomic E-state index is 10.4. The summed E-state index contributed by atoms with van der Waals surface area (Å²) in [6.45, 7) is 4.65. The zero-order chi connectivity index (χ0) is 7.28. The van der Waals surface area contributed by atoms with Crippen molar-refractivity contribution in [1.29, 1.82) is 0 Å².